The largest absolute Gasteiger partial charge is 0.393 e. The summed E-state index contributed by atoms with van der Waals surface area (Å²) in [6.07, 6.45) is 5.94. The summed E-state index contributed by atoms with van der Waals surface area (Å²) in [4.78, 5) is 4.06. The first kappa shape index (κ1) is 13.1. The van der Waals surface area contributed by atoms with Gasteiger partial charge >= 0.3 is 0 Å². The van der Waals surface area contributed by atoms with Crippen LogP contribution in [0.3, 0.4) is 0 Å². The molecule has 1 rings (SSSR count). The SMILES string of the molecule is COCCC(C)C(O)CCc1cccnc1. The van der Waals surface area contributed by atoms with Crippen molar-refractivity contribution in [3.63, 3.8) is 0 Å². The molecule has 0 fully saturated rings. The highest BCUT2D eigenvalue weighted by molar-refractivity contribution is 5.08. The van der Waals surface area contributed by atoms with Crippen LogP contribution in [-0.2, 0) is 11.2 Å². The quantitative estimate of drug-likeness (QED) is 0.769. The highest BCUT2D eigenvalue weighted by atomic mass is 16.5. The topological polar surface area (TPSA) is 42.4 Å². The van der Waals surface area contributed by atoms with Crippen LogP contribution < -0.4 is 0 Å². The van der Waals surface area contributed by atoms with Crippen molar-refractivity contribution in [3.05, 3.63) is 30.1 Å². The highest BCUT2D eigenvalue weighted by Gasteiger charge is 2.13. The summed E-state index contributed by atoms with van der Waals surface area (Å²) < 4.78 is 5.00. The molecule has 0 aliphatic heterocycles. The molecule has 0 radical (unpaired) electrons. The molecule has 0 spiro atoms. The predicted molar refractivity (Wildman–Crippen MR) is 64.2 cm³/mol. The van der Waals surface area contributed by atoms with E-state index in [0.29, 0.717) is 6.61 Å². The number of aromatic nitrogens is 1. The van der Waals surface area contributed by atoms with Gasteiger partial charge in [-0.25, -0.2) is 0 Å². The van der Waals surface area contributed by atoms with Gasteiger partial charge in [0.15, 0.2) is 0 Å². The van der Waals surface area contributed by atoms with E-state index < -0.39 is 0 Å². The number of rotatable bonds is 7. The average Bonchev–Trinajstić information content (AvgIpc) is 2.34. The molecule has 0 amide bonds. The summed E-state index contributed by atoms with van der Waals surface area (Å²) in [5.41, 5.74) is 1.18. The average molecular weight is 223 g/mol. The molecule has 0 bridgehead atoms. The Morgan fingerprint density at radius 1 is 1.44 bits per heavy atom. The zero-order chi connectivity index (χ0) is 11.8. The smallest absolute Gasteiger partial charge is 0.0569 e. The Morgan fingerprint density at radius 3 is 2.88 bits per heavy atom. The third kappa shape index (κ3) is 4.73. The molecule has 2 unspecified atom stereocenters. The van der Waals surface area contributed by atoms with Gasteiger partial charge in [-0.1, -0.05) is 13.0 Å². The minimum atomic E-state index is -0.254. The first-order valence-electron chi connectivity index (χ1n) is 5.80. The molecule has 16 heavy (non-hydrogen) atoms. The Hall–Kier alpha value is -0.930. The van der Waals surface area contributed by atoms with Crippen LogP contribution in [0.25, 0.3) is 0 Å². The number of aliphatic hydroxyl groups is 1. The minimum Gasteiger partial charge on any atom is -0.393 e. The van der Waals surface area contributed by atoms with Crippen molar-refractivity contribution in [2.75, 3.05) is 13.7 Å². The van der Waals surface area contributed by atoms with Gasteiger partial charge < -0.3 is 9.84 Å². The number of methoxy groups -OCH3 is 1. The number of ether oxygens (including phenoxy) is 1. The summed E-state index contributed by atoms with van der Waals surface area (Å²) in [5, 5.41) is 9.93. The number of aliphatic hydroxyl groups excluding tert-OH is 1. The van der Waals surface area contributed by atoms with E-state index >= 15 is 0 Å². The maximum absolute atomic E-state index is 9.93. The normalized spacial score (nSPS) is 14.7. The van der Waals surface area contributed by atoms with Crippen molar-refractivity contribution in [1.29, 1.82) is 0 Å². The van der Waals surface area contributed by atoms with Crippen LogP contribution in [0.5, 0.6) is 0 Å². The van der Waals surface area contributed by atoms with Crippen LogP contribution in [0.4, 0.5) is 0 Å². The summed E-state index contributed by atoms with van der Waals surface area (Å²) >= 11 is 0. The molecule has 1 N–H and O–H groups in total. The van der Waals surface area contributed by atoms with Crippen molar-refractivity contribution in [2.24, 2.45) is 5.92 Å². The lowest BCUT2D eigenvalue weighted by Gasteiger charge is -2.18. The van der Waals surface area contributed by atoms with Crippen LogP contribution in [0.2, 0.25) is 0 Å². The zero-order valence-corrected chi connectivity index (χ0v) is 10.1. The number of aryl methyl sites for hydroxylation is 1. The molecule has 0 saturated carbocycles. The van der Waals surface area contributed by atoms with Gasteiger partial charge in [0.05, 0.1) is 6.10 Å². The lowest BCUT2D eigenvalue weighted by molar-refractivity contribution is 0.0822. The zero-order valence-electron chi connectivity index (χ0n) is 10.1. The van der Waals surface area contributed by atoms with Gasteiger partial charge in [-0.2, -0.15) is 0 Å². The molecular formula is C13H21NO2. The third-order valence-corrected chi connectivity index (χ3v) is 2.89. The second-order valence-electron chi connectivity index (χ2n) is 4.23. The molecule has 1 heterocycles. The third-order valence-electron chi connectivity index (χ3n) is 2.89. The van der Waals surface area contributed by atoms with E-state index in [1.807, 2.05) is 18.3 Å². The van der Waals surface area contributed by atoms with Crippen LogP contribution in [0.15, 0.2) is 24.5 Å². The van der Waals surface area contributed by atoms with E-state index in [-0.39, 0.29) is 12.0 Å². The fourth-order valence-corrected chi connectivity index (χ4v) is 1.64. The van der Waals surface area contributed by atoms with Crippen molar-refractivity contribution in [2.45, 2.75) is 32.3 Å². The maximum Gasteiger partial charge on any atom is 0.0569 e. The second-order valence-corrected chi connectivity index (χ2v) is 4.23. The number of nitrogens with zero attached hydrogens (tertiary/aromatic N) is 1. The Balaban J connectivity index is 2.26. The Labute approximate surface area is 97.5 Å². The van der Waals surface area contributed by atoms with E-state index in [1.54, 1.807) is 13.3 Å². The molecule has 0 aromatic carbocycles. The fourth-order valence-electron chi connectivity index (χ4n) is 1.64. The van der Waals surface area contributed by atoms with Crippen molar-refractivity contribution in [3.8, 4) is 0 Å². The molecule has 3 nitrogen and oxygen atoms in total. The van der Waals surface area contributed by atoms with Crippen LogP contribution in [-0.4, -0.2) is 29.9 Å². The van der Waals surface area contributed by atoms with Crippen molar-refractivity contribution >= 4 is 0 Å². The van der Waals surface area contributed by atoms with Gasteiger partial charge in [0.1, 0.15) is 0 Å². The lowest BCUT2D eigenvalue weighted by Crippen LogP contribution is -2.19. The van der Waals surface area contributed by atoms with Gasteiger partial charge in [0.25, 0.3) is 0 Å². The summed E-state index contributed by atoms with van der Waals surface area (Å²) in [7, 11) is 1.69. The van der Waals surface area contributed by atoms with E-state index in [9.17, 15) is 5.11 Å². The maximum atomic E-state index is 9.93. The van der Waals surface area contributed by atoms with Crippen molar-refractivity contribution < 1.29 is 9.84 Å². The number of hydrogen-bond donors (Lipinski definition) is 1. The Morgan fingerprint density at radius 2 is 2.25 bits per heavy atom. The van der Waals surface area contributed by atoms with Crippen LogP contribution >= 0.6 is 0 Å². The van der Waals surface area contributed by atoms with Gasteiger partial charge in [0, 0.05) is 26.1 Å². The molecule has 2 atom stereocenters. The molecular weight excluding hydrogens is 202 g/mol. The Kier molecular flexibility index (Phi) is 6.04. The van der Waals surface area contributed by atoms with Gasteiger partial charge in [-0.15, -0.1) is 0 Å². The number of pyridine rings is 1. The molecule has 0 aliphatic carbocycles. The predicted octanol–water partition coefficient (Wildman–Crippen LogP) is 2.05. The monoisotopic (exact) mass is 223 g/mol. The van der Waals surface area contributed by atoms with Gasteiger partial charge in [-0.3, -0.25) is 4.98 Å². The molecule has 1 aromatic rings. The standard InChI is InChI=1S/C13H21NO2/c1-11(7-9-16-2)13(15)6-5-12-4-3-8-14-10-12/h3-4,8,10-11,13,15H,5-7,9H2,1-2H3. The van der Waals surface area contributed by atoms with Crippen LogP contribution in [0.1, 0.15) is 25.3 Å². The molecule has 3 heteroatoms. The van der Waals surface area contributed by atoms with E-state index in [0.717, 1.165) is 19.3 Å². The molecule has 1 aromatic heterocycles. The van der Waals surface area contributed by atoms with E-state index in [1.165, 1.54) is 5.56 Å². The first-order chi connectivity index (χ1) is 7.74. The van der Waals surface area contributed by atoms with E-state index in [2.05, 4.69) is 11.9 Å². The van der Waals surface area contributed by atoms with Gasteiger partial charge in [0.2, 0.25) is 0 Å². The van der Waals surface area contributed by atoms with E-state index in [4.69, 9.17) is 4.74 Å². The summed E-state index contributed by atoms with van der Waals surface area (Å²) in [6, 6.07) is 3.97. The fraction of sp³-hybridized carbons (Fsp3) is 0.615. The second kappa shape index (κ2) is 7.36. The first-order valence-corrected chi connectivity index (χ1v) is 5.80. The van der Waals surface area contributed by atoms with Crippen molar-refractivity contribution in [1.82, 2.24) is 4.98 Å². The summed E-state index contributed by atoms with van der Waals surface area (Å²) in [5.74, 6) is 0.289. The number of hydrogen-bond acceptors (Lipinski definition) is 3. The molecule has 0 aliphatic rings. The van der Waals surface area contributed by atoms with Crippen LogP contribution in [0, 0.1) is 5.92 Å². The molecule has 90 valence electrons. The van der Waals surface area contributed by atoms with Gasteiger partial charge in [-0.05, 0) is 36.8 Å². The highest BCUT2D eigenvalue weighted by Crippen LogP contribution is 2.14. The molecule has 0 saturated heterocycles. The Bertz CT molecular complexity index is 277. The minimum absolute atomic E-state index is 0.254. The lowest BCUT2D eigenvalue weighted by atomic mass is 9.96. The summed E-state index contributed by atoms with van der Waals surface area (Å²) in [6.45, 7) is 2.78.